The van der Waals surface area contributed by atoms with Gasteiger partial charge in [-0.25, -0.2) is 9.50 Å². The molecule has 0 N–H and O–H groups in total. The molecule has 0 saturated carbocycles. The molecule has 0 bridgehead atoms. The van der Waals surface area contributed by atoms with Crippen LogP contribution in [0.2, 0.25) is 5.02 Å². The number of aryl methyl sites for hydroxylation is 2. The molecule has 0 aliphatic carbocycles. The van der Waals surface area contributed by atoms with Crippen molar-refractivity contribution in [1.82, 2.24) is 19.6 Å². The first kappa shape index (κ1) is 17.2. The minimum atomic E-state index is -0.341. The Hall–Kier alpha value is -2.67. The number of hydrogen-bond acceptors (Lipinski definition) is 6. The Morgan fingerprint density at radius 3 is 2.72 bits per heavy atom. The maximum absolute atomic E-state index is 12.1. The van der Waals surface area contributed by atoms with E-state index in [0.717, 1.165) is 17.0 Å². The van der Waals surface area contributed by atoms with E-state index in [1.54, 1.807) is 28.8 Å². The fourth-order valence-electron chi connectivity index (χ4n) is 2.45. The molecule has 0 fully saturated rings. The zero-order valence-electron chi connectivity index (χ0n) is 13.9. The molecule has 130 valence electrons. The molecule has 0 radical (unpaired) electrons. The smallest absolute Gasteiger partial charge is 0.310 e. The number of nitrogens with zero attached hydrogens (tertiary/aromatic N) is 4. The van der Waals surface area contributed by atoms with Crippen molar-refractivity contribution < 1.29 is 14.3 Å². The van der Waals surface area contributed by atoms with E-state index in [0.29, 0.717) is 16.5 Å². The number of rotatable bonds is 6. The summed E-state index contributed by atoms with van der Waals surface area (Å²) >= 11 is 5.81. The van der Waals surface area contributed by atoms with E-state index < -0.39 is 0 Å². The first-order valence-electron chi connectivity index (χ1n) is 7.74. The lowest BCUT2D eigenvalue weighted by Gasteiger charge is -2.11. The second-order valence-corrected chi connectivity index (χ2v) is 5.87. The van der Waals surface area contributed by atoms with Crippen molar-refractivity contribution in [3.05, 3.63) is 52.6 Å². The first-order chi connectivity index (χ1) is 12.0. The molecule has 0 aliphatic heterocycles. The van der Waals surface area contributed by atoms with Crippen molar-refractivity contribution in [2.24, 2.45) is 0 Å². The van der Waals surface area contributed by atoms with Gasteiger partial charge in [0.2, 0.25) is 0 Å². The van der Waals surface area contributed by atoms with Crippen molar-refractivity contribution in [2.75, 3.05) is 13.2 Å². The SMILES string of the molecule is Cc1nc2ncnn2c(C)c1CC(=O)OCCOc1ccc(Cl)cc1. The van der Waals surface area contributed by atoms with Crippen LogP contribution in [0.15, 0.2) is 30.6 Å². The molecule has 3 aromatic rings. The second kappa shape index (κ2) is 7.48. The molecule has 25 heavy (non-hydrogen) atoms. The van der Waals surface area contributed by atoms with Gasteiger partial charge in [0.25, 0.3) is 5.78 Å². The van der Waals surface area contributed by atoms with Crippen molar-refractivity contribution >= 4 is 23.3 Å². The fraction of sp³-hybridized carbons (Fsp3) is 0.294. The summed E-state index contributed by atoms with van der Waals surface area (Å²) < 4.78 is 12.3. The van der Waals surface area contributed by atoms with Gasteiger partial charge in [-0.2, -0.15) is 10.1 Å². The monoisotopic (exact) mass is 360 g/mol. The summed E-state index contributed by atoms with van der Waals surface area (Å²) in [7, 11) is 0. The van der Waals surface area contributed by atoms with Gasteiger partial charge in [0, 0.05) is 22.0 Å². The largest absolute Gasteiger partial charge is 0.490 e. The Kier molecular flexibility index (Phi) is 5.14. The topological polar surface area (TPSA) is 78.6 Å². The molecule has 2 aromatic heterocycles. The van der Waals surface area contributed by atoms with Gasteiger partial charge in [-0.05, 0) is 38.1 Å². The number of fused-ring (bicyclic) bond motifs is 1. The fourth-order valence-corrected chi connectivity index (χ4v) is 2.58. The number of ether oxygens (including phenoxy) is 2. The van der Waals surface area contributed by atoms with Gasteiger partial charge in [0.1, 0.15) is 25.3 Å². The summed E-state index contributed by atoms with van der Waals surface area (Å²) in [6.45, 7) is 4.15. The highest BCUT2D eigenvalue weighted by Crippen LogP contribution is 2.16. The van der Waals surface area contributed by atoms with Crippen LogP contribution in [-0.2, 0) is 16.0 Å². The van der Waals surface area contributed by atoms with Crippen molar-refractivity contribution in [2.45, 2.75) is 20.3 Å². The first-order valence-corrected chi connectivity index (χ1v) is 8.12. The van der Waals surface area contributed by atoms with Gasteiger partial charge < -0.3 is 9.47 Å². The highest BCUT2D eigenvalue weighted by molar-refractivity contribution is 6.30. The average molecular weight is 361 g/mol. The Morgan fingerprint density at radius 1 is 1.20 bits per heavy atom. The molecular formula is C17H17ClN4O3. The Morgan fingerprint density at radius 2 is 1.96 bits per heavy atom. The molecule has 1 aromatic carbocycles. The average Bonchev–Trinajstić information content (AvgIpc) is 3.05. The molecule has 0 saturated heterocycles. The van der Waals surface area contributed by atoms with E-state index in [1.165, 1.54) is 6.33 Å². The molecule has 0 spiro atoms. The van der Waals surface area contributed by atoms with Gasteiger partial charge in [0.15, 0.2) is 0 Å². The van der Waals surface area contributed by atoms with Crippen LogP contribution in [0.25, 0.3) is 5.78 Å². The van der Waals surface area contributed by atoms with Gasteiger partial charge in [-0.3, -0.25) is 4.79 Å². The summed E-state index contributed by atoms with van der Waals surface area (Å²) in [5.74, 6) is 0.851. The predicted molar refractivity (Wildman–Crippen MR) is 91.9 cm³/mol. The van der Waals surface area contributed by atoms with E-state index in [9.17, 15) is 4.79 Å². The third kappa shape index (κ3) is 4.06. The number of esters is 1. The maximum atomic E-state index is 12.1. The van der Waals surface area contributed by atoms with Crippen molar-refractivity contribution in [1.29, 1.82) is 0 Å². The molecule has 0 amide bonds. The number of hydrogen-bond donors (Lipinski definition) is 0. The zero-order chi connectivity index (χ0) is 17.8. The molecular weight excluding hydrogens is 344 g/mol. The quantitative estimate of drug-likeness (QED) is 0.496. The molecule has 3 rings (SSSR count). The van der Waals surface area contributed by atoms with Crippen LogP contribution >= 0.6 is 11.6 Å². The molecule has 0 unspecified atom stereocenters. The number of benzene rings is 1. The number of halogens is 1. The lowest BCUT2D eigenvalue weighted by molar-refractivity contribution is -0.143. The van der Waals surface area contributed by atoms with E-state index in [1.807, 2.05) is 13.8 Å². The highest BCUT2D eigenvalue weighted by atomic mass is 35.5. The van der Waals surface area contributed by atoms with Crippen molar-refractivity contribution in [3.8, 4) is 5.75 Å². The normalized spacial score (nSPS) is 10.8. The number of aromatic nitrogens is 4. The molecule has 0 aliphatic rings. The minimum absolute atomic E-state index is 0.126. The lowest BCUT2D eigenvalue weighted by atomic mass is 10.1. The Labute approximate surface area is 149 Å². The minimum Gasteiger partial charge on any atom is -0.490 e. The van der Waals surface area contributed by atoms with Crippen LogP contribution < -0.4 is 4.74 Å². The molecule has 8 heteroatoms. The van der Waals surface area contributed by atoms with E-state index in [4.69, 9.17) is 21.1 Å². The summed E-state index contributed by atoms with van der Waals surface area (Å²) in [6, 6.07) is 7.00. The van der Waals surface area contributed by atoms with E-state index >= 15 is 0 Å². The van der Waals surface area contributed by atoms with Gasteiger partial charge in [-0.15, -0.1) is 0 Å². The number of carbonyl (C=O) groups excluding carboxylic acids is 1. The van der Waals surface area contributed by atoms with Crippen LogP contribution in [0.5, 0.6) is 5.75 Å². The summed E-state index contributed by atoms with van der Waals surface area (Å²) in [6.07, 6.45) is 1.56. The molecule has 0 atom stereocenters. The van der Waals surface area contributed by atoms with Crippen molar-refractivity contribution in [3.63, 3.8) is 0 Å². The Balaban J connectivity index is 1.53. The van der Waals surface area contributed by atoms with Gasteiger partial charge in [0.05, 0.1) is 6.42 Å². The van der Waals surface area contributed by atoms with Gasteiger partial charge >= 0.3 is 5.97 Å². The standard InChI is InChI=1S/C17H17ClN4O3/c1-11-15(12(2)22-17(21-11)19-10-20-22)9-16(23)25-8-7-24-14-5-3-13(18)4-6-14/h3-6,10H,7-9H2,1-2H3. The molecule has 2 heterocycles. The van der Waals surface area contributed by atoms with Crippen LogP contribution in [-0.4, -0.2) is 38.8 Å². The summed E-state index contributed by atoms with van der Waals surface area (Å²) in [5.41, 5.74) is 2.36. The lowest BCUT2D eigenvalue weighted by Crippen LogP contribution is -2.16. The maximum Gasteiger partial charge on any atom is 0.310 e. The van der Waals surface area contributed by atoms with Crippen LogP contribution in [0, 0.1) is 13.8 Å². The predicted octanol–water partition coefficient (Wildman–Crippen LogP) is 2.56. The van der Waals surface area contributed by atoms with E-state index in [-0.39, 0.29) is 25.6 Å². The third-order valence-corrected chi connectivity index (χ3v) is 3.99. The zero-order valence-corrected chi connectivity index (χ0v) is 14.7. The van der Waals surface area contributed by atoms with Crippen LogP contribution in [0.1, 0.15) is 17.0 Å². The van der Waals surface area contributed by atoms with Crippen LogP contribution in [0.4, 0.5) is 0 Å². The summed E-state index contributed by atoms with van der Waals surface area (Å²) in [5, 5.41) is 4.75. The van der Waals surface area contributed by atoms with E-state index in [2.05, 4.69) is 15.1 Å². The summed E-state index contributed by atoms with van der Waals surface area (Å²) in [4.78, 5) is 20.5. The van der Waals surface area contributed by atoms with Crippen LogP contribution in [0.3, 0.4) is 0 Å². The third-order valence-electron chi connectivity index (χ3n) is 3.74. The Bertz CT molecular complexity index is 893. The highest BCUT2D eigenvalue weighted by Gasteiger charge is 2.15. The number of carbonyl (C=O) groups is 1. The second-order valence-electron chi connectivity index (χ2n) is 5.43. The molecule has 7 nitrogen and oxygen atoms in total. The van der Waals surface area contributed by atoms with Gasteiger partial charge in [-0.1, -0.05) is 11.6 Å².